The average molecular weight is 367 g/mol. The van der Waals surface area contributed by atoms with Crippen LogP contribution in [0.1, 0.15) is 25.8 Å². The molecule has 0 unspecified atom stereocenters. The largest absolute Gasteiger partial charge is 0.451 e. The molecule has 0 aliphatic carbocycles. The molecule has 0 saturated carbocycles. The third-order valence-corrected chi connectivity index (χ3v) is 4.15. The average Bonchev–Trinajstić information content (AvgIpc) is 2.58. The van der Waals surface area contributed by atoms with Crippen LogP contribution in [0, 0.1) is 0 Å². The molecule has 0 aliphatic rings. The number of ether oxygens (including phenoxy) is 1. The summed E-state index contributed by atoms with van der Waals surface area (Å²) in [6.07, 6.45) is 2.17. The van der Waals surface area contributed by atoms with Crippen LogP contribution in [0.5, 0.6) is 0 Å². The third kappa shape index (κ3) is 7.47. The van der Waals surface area contributed by atoms with Crippen LogP contribution in [-0.2, 0) is 20.7 Å². The zero-order valence-electron chi connectivity index (χ0n) is 14.7. The van der Waals surface area contributed by atoms with Crippen LogP contribution < -0.4 is 16.4 Å². The summed E-state index contributed by atoms with van der Waals surface area (Å²) in [5.41, 5.74) is 6.86. The molecule has 0 saturated heterocycles. The van der Waals surface area contributed by atoms with Gasteiger partial charge in [0.05, 0.1) is 0 Å². The van der Waals surface area contributed by atoms with Crippen molar-refractivity contribution in [3.05, 3.63) is 29.8 Å². The predicted octanol–water partition coefficient (Wildman–Crippen LogP) is 1.91. The number of nitrogens with one attached hydrogen (secondary N) is 2. The van der Waals surface area contributed by atoms with E-state index in [0.29, 0.717) is 17.9 Å². The zero-order chi connectivity index (χ0) is 18.8. The molecule has 138 valence electrons. The Morgan fingerprint density at radius 2 is 1.88 bits per heavy atom. The van der Waals surface area contributed by atoms with Crippen molar-refractivity contribution in [1.29, 1.82) is 0 Å². The number of esters is 1. The number of hydrogen-bond acceptors (Lipinski definition) is 5. The molecule has 7 nitrogen and oxygen atoms in total. The van der Waals surface area contributed by atoms with E-state index >= 15 is 0 Å². The molecule has 8 heteroatoms. The van der Waals surface area contributed by atoms with Crippen LogP contribution in [0.15, 0.2) is 24.3 Å². The second-order valence-electron chi connectivity index (χ2n) is 5.46. The first-order valence-corrected chi connectivity index (χ1v) is 9.42. The number of carbonyl (C=O) groups is 3. The smallest absolute Gasteiger partial charge is 0.329 e. The molecule has 0 spiro atoms. The highest BCUT2D eigenvalue weighted by Crippen LogP contribution is 2.11. The van der Waals surface area contributed by atoms with Crippen LogP contribution in [0.25, 0.3) is 0 Å². The van der Waals surface area contributed by atoms with Crippen molar-refractivity contribution in [3.63, 3.8) is 0 Å². The molecular weight excluding hydrogens is 342 g/mol. The van der Waals surface area contributed by atoms with Gasteiger partial charge in [0, 0.05) is 5.69 Å². The summed E-state index contributed by atoms with van der Waals surface area (Å²) in [7, 11) is 0. The number of hydrogen-bond donors (Lipinski definition) is 3. The number of aryl methyl sites for hydroxylation is 1. The fourth-order valence-electron chi connectivity index (χ4n) is 2.03. The van der Waals surface area contributed by atoms with Gasteiger partial charge < -0.3 is 21.1 Å². The molecule has 25 heavy (non-hydrogen) atoms. The number of nitrogens with two attached hydrogens (primary N) is 1. The lowest BCUT2D eigenvalue weighted by molar-refractivity contribution is -0.155. The van der Waals surface area contributed by atoms with Gasteiger partial charge in [-0.15, -0.1) is 0 Å². The van der Waals surface area contributed by atoms with E-state index in [0.717, 1.165) is 12.0 Å². The number of urea groups is 1. The van der Waals surface area contributed by atoms with E-state index in [-0.39, 0.29) is 0 Å². The van der Waals surface area contributed by atoms with Gasteiger partial charge >= 0.3 is 12.0 Å². The van der Waals surface area contributed by atoms with E-state index in [4.69, 9.17) is 10.5 Å². The third-order valence-electron chi connectivity index (χ3n) is 3.50. The Morgan fingerprint density at radius 1 is 1.24 bits per heavy atom. The molecule has 0 fully saturated rings. The van der Waals surface area contributed by atoms with Gasteiger partial charge in [0.25, 0.3) is 5.91 Å². The summed E-state index contributed by atoms with van der Waals surface area (Å²) >= 11 is 1.53. The Bertz CT molecular complexity index is 592. The SMILES string of the molecule is CCc1ccc(NC(=O)[C@@H](C)OC(=O)[C@@H](CCSC)NC(N)=O)cc1. The summed E-state index contributed by atoms with van der Waals surface area (Å²) < 4.78 is 5.16. The molecule has 0 radical (unpaired) electrons. The van der Waals surface area contributed by atoms with Gasteiger partial charge in [0.2, 0.25) is 0 Å². The van der Waals surface area contributed by atoms with Gasteiger partial charge in [-0.2, -0.15) is 11.8 Å². The first-order valence-electron chi connectivity index (χ1n) is 8.02. The molecule has 3 amide bonds. The Morgan fingerprint density at radius 3 is 2.40 bits per heavy atom. The fourth-order valence-corrected chi connectivity index (χ4v) is 2.51. The Hall–Kier alpha value is -2.22. The van der Waals surface area contributed by atoms with Gasteiger partial charge in [0.15, 0.2) is 6.10 Å². The minimum absolute atomic E-state index is 0.371. The summed E-state index contributed by atoms with van der Waals surface area (Å²) in [5.74, 6) is -0.484. The standard InChI is InChI=1S/C17H25N3O4S/c1-4-12-5-7-13(8-6-12)19-15(21)11(2)24-16(22)14(9-10-25-3)20-17(18)23/h5-8,11,14H,4,9-10H2,1-3H3,(H,19,21)(H3,18,20,23)/t11-,14-/m1/s1. The first kappa shape index (κ1) is 20.8. The van der Waals surface area contributed by atoms with Crippen LogP contribution in [0.2, 0.25) is 0 Å². The molecule has 1 rings (SSSR count). The highest BCUT2D eigenvalue weighted by Gasteiger charge is 2.25. The molecule has 0 bridgehead atoms. The van der Waals surface area contributed by atoms with Gasteiger partial charge in [-0.3, -0.25) is 4.79 Å². The lowest BCUT2D eigenvalue weighted by Crippen LogP contribution is -2.46. The summed E-state index contributed by atoms with van der Waals surface area (Å²) in [4.78, 5) is 35.3. The van der Waals surface area contributed by atoms with E-state index in [1.54, 1.807) is 12.1 Å². The second kappa shape index (κ2) is 10.6. The molecule has 4 N–H and O–H groups in total. The minimum Gasteiger partial charge on any atom is -0.451 e. The second-order valence-corrected chi connectivity index (χ2v) is 6.45. The number of carbonyl (C=O) groups excluding carboxylic acids is 3. The molecule has 0 aliphatic heterocycles. The van der Waals surface area contributed by atoms with Crippen molar-refractivity contribution in [1.82, 2.24) is 5.32 Å². The van der Waals surface area contributed by atoms with Crippen molar-refractivity contribution < 1.29 is 19.1 Å². The molecule has 2 atom stereocenters. The lowest BCUT2D eigenvalue weighted by Gasteiger charge is -2.19. The molecular formula is C17H25N3O4S. The van der Waals surface area contributed by atoms with E-state index in [1.165, 1.54) is 18.7 Å². The number of thioether (sulfide) groups is 1. The van der Waals surface area contributed by atoms with Crippen molar-refractivity contribution >= 4 is 35.4 Å². The van der Waals surface area contributed by atoms with Gasteiger partial charge in [-0.05, 0) is 49.5 Å². The maximum Gasteiger partial charge on any atom is 0.329 e. The highest BCUT2D eigenvalue weighted by atomic mass is 32.2. The number of benzene rings is 1. The number of rotatable bonds is 9. The van der Waals surface area contributed by atoms with Gasteiger partial charge in [0.1, 0.15) is 6.04 Å². The quantitative estimate of drug-likeness (QED) is 0.578. The highest BCUT2D eigenvalue weighted by molar-refractivity contribution is 7.98. The summed E-state index contributed by atoms with van der Waals surface area (Å²) in [6, 6.07) is 5.74. The van der Waals surface area contributed by atoms with Crippen molar-refractivity contribution in [2.24, 2.45) is 5.73 Å². The molecule has 1 aromatic rings. The number of anilines is 1. The number of amides is 3. The zero-order valence-corrected chi connectivity index (χ0v) is 15.5. The van der Waals surface area contributed by atoms with Gasteiger partial charge in [-0.25, -0.2) is 9.59 Å². The monoisotopic (exact) mass is 367 g/mol. The maximum absolute atomic E-state index is 12.2. The minimum atomic E-state index is -0.996. The van der Waals surface area contributed by atoms with Crippen LogP contribution >= 0.6 is 11.8 Å². The maximum atomic E-state index is 12.2. The Labute approximate surface area is 152 Å². The van der Waals surface area contributed by atoms with Gasteiger partial charge in [-0.1, -0.05) is 19.1 Å². The lowest BCUT2D eigenvalue weighted by atomic mass is 10.1. The van der Waals surface area contributed by atoms with Crippen molar-refractivity contribution in [2.75, 3.05) is 17.3 Å². The van der Waals surface area contributed by atoms with E-state index in [9.17, 15) is 14.4 Å². The molecule has 0 aromatic heterocycles. The first-order chi connectivity index (χ1) is 11.9. The van der Waals surface area contributed by atoms with Crippen LogP contribution in [-0.4, -0.2) is 42.1 Å². The fraction of sp³-hybridized carbons (Fsp3) is 0.471. The summed E-state index contributed by atoms with van der Waals surface area (Å²) in [6.45, 7) is 3.52. The Kier molecular flexibility index (Phi) is 8.83. The van der Waals surface area contributed by atoms with E-state index in [2.05, 4.69) is 10.6 Å². The normalized spacial score (nSPS) is 12.8. The van der Waals surface area contributed by atoms with Crippen molar-refractivity contribution in [3.8, 4) is 0 Å². The van der Waals surface area contributed by atoms with Crippen LogP contribution in [0.4, 0.5) is 10.5 Å². The summed E-state index contributed by atoms with van der Waals surface area (Å²) in [5, 5.41) is 5.03. The Balaban J connectivity index is 2.60. The van der Waals surface area contributed by atoms with E-state index in [1.807, 2.05) is 25.3 Å². The number of primary amides is 1. The van der Waals surface area contributed by atoms with E-state index < -0.39 is 30.1 Å². The predicted molar refractivity (Wildman–Crippen MR) is 99.5 cm³/mol. The topological polar surface area (TPSA) is 111 Å². The van der Waals surface area contributed by atoms with Crippen LogP contribution in [0.3, 0.4) is 0 Å². The molecule has 0 heterocycles. The van der Waals surface area contributed by atoms with Crippen molar-refractivity contribution in [2.45, 2.75) is 38.8 Å². The molecule has 1 aromatic carbocycles.